The Labute approximate surface area is 251 Å². The normalized spacial score (nSPS) is 27.5. The maximum Gasteiger partial charge on any atom is 0.410 e. The van der Waals surface area contributed by atoms with E-state index in [0.717, 1.165) is 12.8 Å². The lowest BCUT2D eigenvalue weighted by Gasteiger charge is -2.46. The van der Waals surface area contributed by atoms with E-state index in [0.29, 0.717) is 49.5 Å². The highest BCUT2D eigenvalue weighted by Gasteiger charge is 2.56. The van der Waals surface area contributed by atoms with Crippen LogP contribution in [0, 0.1) is 0 Å². The summed E-state index contributed by atoms with van der Waals surface area (Å²) >= 11 is 5.96. The van der Waals surface area contributed by atoms with Gasteiger partial charge >= 0.3 is 6.09 Å². The van der Waals surface area contributed by atoms with E-state index in [1.165, 1.54) is 20.6 Å². The summed E-state index contributed by atoms with van der Waals surface area (Å²) in [5.41, 5.74) is 2.44. The van der Waals surface area contributed by atoms with Gasteiger partial charge in [0, 0.05) is 50.8 Å². The van der Waals surface area contributed by atoms with Crippen molar-refractivity contribution in [1.29, 1.82) is 0 Å². The number of benzene rings is 1. The van der Waals surface area contributed by atoms with E-state index in [4.69, 9.17) is 35.4 Å². The summed E-state index contributed by atoms with van der Waals surface area (Å²) in [5.74, 6) is 0.0261. The van der Waals surface area contributed by atoms with Crippen molar-refractivity contribution in [2.75, 3.05) is 46.6 Å². The van der Waals surface area contributed by atoms with E-state index in [1.54, 1.807) is 24.3 Å². The number of piperazine rings is 1. The van der Waals surface area contributed by atoms with Gasteiger partial charge in [-0.15, -0.1) is 0 Å². The van der Waals surface area contributed by atoms with E-state index in [2.05, 4.69) is 5.48 Å². The Morgan fingerprint density at radius 1 is 1.05 bits per heavy atom. The molecule has 0 radical (unpaired) electrons. The third-order valence-corrected chi connectivity index (χ3v) is 10.4. The molecule has 234 valence electrons. The highest BCUT2D eigenvalue weighted by molar-refractivity contribution is 7.86. The second-order valence-electron chi connectivity index (χ2n) is 10.9. The standard InChI is InChI=1S/C27H39ClN4O9S/c1-37-16-17-39-27(34)32-20-7-10-23(32)25(26(33)29-41-24-4-2-3-15-38-24)31(18-20)42(35,36)30-13-11-22(12-14-30)40-21-8-5-19(28)6-9-21/h5-6,8-9,20,22-25H,2-4,7,10-18H2,1H3,(H,29,33)/t20-,23+,24?,25-/m1/s1. The molecular weight excluding hydrogens is 592 g/mol. The zero-order valence-electron chi connectivity index (χ0n) is 23.7. The molecule has 1 N–H and O–H groups in total. The number of nitrogens with one attached hydrogen (secondary N) is 1. The number of carbonyl (C=O) groups is 2. The highest BCUT2D eigenvalue weighted by atomic mass is 35.5. The van der Waals surface area contributed by atoms with Crippen LogP contribution in [0.5, 0.6) is 5.75 Å². The number of amides is 2. The number of piperidine rings is 1. The molecule has 0 saturated carbocycles. The van der Waals surface area contributed by atoms with E-state index >= 15 is 0 Å². The molecule has 42 heavy (non-hydrogen) atoms. The fourth-order valence-corrected chi connectivity index (χ4v) is 8.03. The minimum absolute atomic E-state index is 0.0303. The lowest BCUT2D eigenvalue weighted by atomic mass is 10.1. The van der Waals surface area contributed by atoms with Gasteiger partial charge in [-0.25, -0.2) is 15.1 Å². The molecule has 5 rings (SSSR count). The number of fused-ring (bicyclic) bond motifs is 2. The van der Waals surface area contributed by atoms with Crippen LogP contribution in [0.2, 0.25) is 5.02 Å². The number of hydrogen-bond donors (Lipinski definition) is 1. The van der Waals surface area contributed by atoms with Crippen molar-refractivity contribution in [2.24, 2.45) is 0 Å². The Morgan fingerprint density at radius 3 is 2.50 bits per heavy atom. The van der Waals surface area contributed by atoms with E-state index in [1.807, 2.05) is 0 Å². The van der Waals surface area contributed by atoms with Crippen LogP contribution in [-0.2, 0) is 34.1 Å². The molecule has 13 nitrogen and oxygen atoms in total. The minimum atomic E-state index is -4.07. The summed E-state index contributed by atoms with van der Waals surface area (Å²) in [4.78, 5) is 33.7. The number of hydroxylamine groups is 1. The van der Waals surface area contributed by atoms with Crippen molar-refractivity contribution < 1.29 is 41.8 Å². The van der Waals surface area contributed by atoms with Gasteiger partial charge in [-0.1, -0.05) is 11.6 Å². The van der Waals surface area contributed by atoms with Crippen LogP contribution in [0.15, 0.2) is 24.3 Å². The Morgan fingerprint density at radius 2 is 1.81 bits per heavy atom. The molecule has 1 aromatic rings. The van der Waals surface area contributed by atoms with Crippen LogP contribution in [-0.4, -0.2) is 111 Å². The zero-order chi connectivity index (χ0) is 29.7. The number of carbonyl (C=O) groups excluding carboxylic acids is 2. The van der Waals surface area contributed by atoms with Crippen LogP contribution in [0.1, 0.15) is 44.9 Å². The Bertz CT molecular complexity index is 1180. The van der Waals surface area contributed by atoms with Crippen molar-refractivity contribution in [2.45, 2.75) is 75.5 Å². The summed E-state index contributed by atoms with van der Waals surface area (Å²) in [6.07, 6.45) is 3.03. The van der Waals surface area contributed by atoms with Gasteiger partial charge in [0.15, 0.2) is 6.29 Å². The number of halogens is 1. The Kier molecular flexibility index (Phi) is 10.5. The number of nitrogens with zero attached hydrogens (tertiary/aromatic N) is 3. The molecule has 2 bridgehead atoms. The molecular formula is C27H39ClN4O9S. The third kappa shape index (κ3) is 7.12. The second-order valence-corrected chi connectivity index (χ2v) is 13.2. The average Bonchev–Trinajstić information content (AvgIpc) is 3.30. The monoisotopic (exact) mass is 630 g/mol. The summed E-state index contributed by atoms with van der Waals surface area (Å²) in [6, 6.07) is 4.72. The Balaban J connectivity index is 1.29. The van der Waals surface area contributed by atoms with Gasteiger partial charge in [-0.05, 0) is 62.8 Å². The predicted molar refractivity (Wildman–Crippen MR) is 151 cm³/mol. The minimum Gasteiger partial charge on any atom is -0.490 e. The average molecular weight is 631 g/mol. The van der Waals surface area contributed by atoms with Gasteiger partial charge in [0.2, 0.25) is 0 Å². The zero-order valence-corrected chi connectivity index (χ0v) is 25.3. The van der Waals surface area contributed by atoms with Crippen LogP contribution < -0.4 is 10.2 Å². The van der Waals surface area contributed by atoms with Crippen molar-refractivity contribution in [3.63, 3.8) is 0 Å². The Hall–Kier alpha value is -2.20. The van der Waals surface area contributed by atoms with E-state index < -0.39 is 46.6 Å². The molecule has 4 fully saturated rings. The van der Waals surface area contributed by atoms with Crippen LogP contribution in [0.3, 0.4) is 0 Å². The number of hydrogen-bond acceptors (Lipinski definition) is 9. The summed E-state index contributed by atoms with van der Waals surface area (Å²) in [5, 5.41) is 0.607. The molecule has 4 heterocycles. The third-order valence-electron chi connectivity index (χ3n) is 8.17. The first-order valence-corrected chi connectivity index (χ1v) is 16.3. The van der Waals surface area contributed by atoms with Crippen LogP contribution >= 0.6 is 11.6 Å². The van der Waals surface area contributed by atoms with Gasteiger partial charge < -0.3 is 18.9 Å². The topological polar surface area (TPSA) is 136 Å². The fraction of sp³-hybridized carbons (Fsp3) is 0.704. The molecule has 4 atom stereocenters. The summed E-state index contributed by atoms with van der Waals surface area (Å²) < 4.78 is 52.7. The van der Waals surface area contributed by atoms with Gasteiger partial charge in [0.25, 0.3) is 16.1 Å². The van der Waals surface area contributed by atoms with Gasteiger partial charge in [-0.3, -0.25) is 9.69 Å². The molecule has 0 aliphatic carbocycles. The highest BCUT2D eigenvalue weighted by Crippen LogP contribution is 2.37. The van der Waals surface area contributed by atoms with Gasteiger partial charge in [0.05, 0.1) is 12.6 Å². The molecule has 4 aliphatic heterocycles. The number of methoxy groups -OCH3 is 1. The maximum absolute atomic E-state index is 14.1. The molecule has 15 heteroatoms. The second kappa shape index (κ2) is 14.1. The van der Waals surface area contributed by atoms with Crippen molar-refractivity contribution in [1.82, 2.24) is 19.0 Å². The SMILES string of the molecule is COCCOC(=O)N1[C@@H]2CC[C@H]1[C@H](C(=O)NOC1CCCCO1)N(S(=O)(=O)N1CCC(Oc3ccc(Cl)cc3)CC1)C2. The van der Waals surface area contributed by atoms with E-state index in [9.17, 15) is 18.0 Å². The molecule has 1 unspecified atom stereocenters. The lowest BCUT2D eigenvalue weighted by Crippen LogP contribution is -2.68. The molecule has 0 spiro atoms. The van der Waals surface area contributed by atoms with Crippen molar-refractivity contribution in [3.8, 4) is 5.75 Å². The molecule has 1 aromatic carbocycles. The summed E-state index contributed by atoms with van der Waals surface area (Å²) in [6.45, 7) is 1.24. The fourth-order valence-electron chi connectivity index (χ4n) is 6.05. The lowest BCUT2D eigenvalue weighted by molar-refractivity contribution is -0.203. The number of ether oxygens (including phenoxy) is 4. The largest absolute Gasteiger partial charge is 0.490 e. The van der Waals surface area contributed by atoms with Crippen molar-refractivity contribution >= 4 is 33.8 Å². The van der Waals surface area contributed by atoms with Gasteiger partial charge in [-0.2, -0.15) is 17.0 Å². The smallest absolute Gasteiger partial charge is 0.410 e. The van der Waals surface area contributed by atoms with Crippen molar-refractivity contribution in [3.05, 3.63) is 29.3 Å². The quantitative estimate of drug-likeness (QED) is 0.305. The molecule has 4 saturated heterocycles. The first-order valence-electron chi connectivity index (χ1n) is 14.5. The first kappa shape index (κ1) is 31.2. The molecule has 0 aromatic heterocycles. The molecule has 4 aliphatic rings. The predicted octanol–water partition coefficient (Wildman–Crippen LogP) is 2.30. The van der Waals surface area contributed by atoms with Gasteiger partial charge in [0.1, 0.15) is 24.5 Å². The summed E-state index contributed by atoms with van der Waals surface area (Å²) in [7, 11) is -2.57. The molecule has 2 amide bonds. The van der Waals surface area contributed by atoms with Crippen LogP contribution in [0.25, 0.3) is 0 Å². The number of rotatable bonds is 10. The van der Waals surface area contributed by atoms with E-state index in [-0.39, 0.29) is 39.0 Å². The maximum atomic E-state index is 14.1. The first-order chi connectivity index (χ1) is 20.3. The van der Waals surface area contributed by atoms with Crippen LogP contribution in [0.4, 0.5) is 4.79 Å².